The monoisotopic (exact) mass is 401 g/mol. The topological polar surface area (TPSA) is 12.5 Å². The molecule has 158 valence electrons. The summed E-state index contributed by atoms with van der Waals surface area (Å²) in [5, 5.41) is 0. The first-order valence-corrected chi connectivity index (χ1v) is 13.2. The Morgan fingerprint density at radius 3 is 2.36 bits per heavy atom. The maximum absolute atomic E-state index is 5.97. The molecule has 0 aromatic heterocycles. The summed E-state index contributed by atoms with van der Waals surface area (Å²) in [6.07, 6.45) is 13.8. The Kier molecular flexibility index (Phi) is 12.9. The second kappa shape index (κ2) is 15.2. The molecule has 0 spiro atoms. The Balaban J connectivity index is 1.50. The minimum atomic E-state index is 0.891. The van der Waals surface area contributed by atoms with Crippen molar-refractivity contribution in [3.63, 3.8) is 0 Å². The predicted molar refractivity (Wildman–Crippen MR) is 123 cm³/mol. The first kappa shape index (κ1) is 23.6. The van der Waals surface area contributed by atoms with Gasteiger partial charge < -0.3 is 4.74 Å². The van der Waals surface area contributed by atoms with Crippen LogP contribution in [0, 0.1) is 0 Å². The standard InChI is InChI=1S/C25H43NOSi/c1-3-5-7-14-25(15-8-6-4-2)28-21-11-19-27-20-18-26-17-16-23-12-9-10-13-24(23)22-26/h9-10,12-13,25H,3-8,11,14-22H2,1-2H3. The molecular weight excluding hydrogens is 358 g/mol. The van der Waals surface area contributed by atoms with Gasteiger partial charge in [-0.25, -0.2) is 0 Å². The molecular formula is C25H43NOSi. The molecule has 0 amide bonds. The van der Waals surface area contributed by atoms with Crippen LogP contribution in [-0.2, 0) is 17.7 Å². The fourth-order valence-electron chi connectivity index (χ4n) is 4.15. The van der Waals surface area contributed by atoms with Gasteiger partial charge in [-0.15, -0.1) is 0 Å². The first-order chi connectivity index (χ1) is 13.8. The Hall–Kier alpha value is -0.643. The maximum Gasteiger partial charge on any atom is 0.0593 e. The minimum Gasteiger partial charge on any atom is -0.380 e. The van der Waals surface area contributed by atoms with Gasteiger partial charge in [-0.3, -0.25) is 4.90 Å². The first-order valence-electron chi connectivity index (χ1n) is 11.9. The molecule has 0 saturated carbocycles. The Morgan fingerprint density at radius 2 is 1.64 bits per heavy atom. The average molecular weight is 402 g/mol. The summed E-state index contributed by atoms with van der Waals surface area (Å²) in [6, 6.07) is 10.3. The highest BCUT2D eigenvalue weighted by atomic mass is 28.2. The van der Waals surface area contributed by atoms with E-state index in [-0.39, 0.29) is 0 Å². The van der Waals surface area contributed by atoms with Crippen molar-refractivity contribution in [3.8, 4) is 0 Å². The molecule has 0 fully saturated rings. The number of benzene rings is 1. The van der Waals surface area contributed by atoms with E-state index < -0.39 is 0 Å². The van der Waals surface area contributed by atoms with Crippen LogP contribution in [0.4, 0.5) is 0 Å². The fraction of sp³-hybridized carbons (Fsp3) is 0.760. The van der Waals surface area contributed by atoms with Gasteiger partial charge in [0.15, 0.2) is 0 Å². The van der Waals surface area contributed by atoms with Gasteiger partial charge in [0.05, 0.1) is 6.61 Å². The largest absolute Gasteiger partial charge is 0.380 e. The van der Waals surface area contributed by atoms with Crippen LogP contribution in [-0.4, -0.2) is 40.7 Å². The van der Waals surface area contributed by atoms with E-state index in [4.69, 9.17) is 4.74 Å². The van der Waals surface area contributed by atoms with Gasteiger partial charge in [0.25, 0.3) is 0 Å². The maximum atomic E-state index is 5.97. The number of ether oxygens (including phenoxy) is 1. The lowest BCUT2D eigenvalue weighted by Crippen LogP contribution is -2.33. The Morgan fingerprint density at radius 1 is 0.929 bits per heavy atom. The van der Waals surface area contributed by atoms with E-state index in [0.29, 0.717) is 0 Å². The molecule has 1 aliphatic rings. The van der Waals surface area contributed by atoms with Gasteiger partial charge >= 0.3 is 0 Å². The van der Waals surface area contributed by atoms with Crippen molar-refractivity contribution in [3.05, 3.63) is 35.4 Å². The highest BCUT2D eigenvalue weighted by molar-refractivity contribution is 6.37. The van der Waals surface area contributed by atoms with Crippen molar-refractivity contribution in [2.45, 2.75) is 96.2 Å². The van der Waals surface area contributed by atoms with Crippen LogP contribution in [0.5, 0.6) is 0 Å². The van der Waals surface area contributed by atoms with Crippen LogP contribution in [0.2, 0.25) is 11.6 Å². The van der Waals surface area contributed by atoms with Crippen LogP contribution in [0.1, 0.15) is 82.8 Å². The van der Waals surface area contributed by atoms with Crippen LogP contribution in [0.15, 0.2) is 24.3 Å². The molecule has 0 saturated heterocycles. The molecule has 2 nitrogen and oxygen atoms in total. The molecule has 0 unspecified atom stereocenters. The zero-order chi connectivity index (χ0) is 19.9. The van der Waals surface area contributed by atoms with Crippen molar-refractivity contribution in [2.75, 3.05) is 26.3 Å². The van der Waals surface area contributed by atoms with E-state index in [9.17, 15) is 0 Å². The van der Waals surface area contributed by atoms with E-state index in [0.717, 1.165) is 41.4 Å². The smallest absolute Gasteiger partial charge is 0.0593 e. The zero-order valence-corrected chi connectivity index (χ0v) is 19.6. The van der Waals surface area contributed by atoms with Gasteiger partial charge in [0.1, 0.15) is 0 Å². The predicted octanol–water partition coefficient (Wildman–Crippen LogP) is 6.52. The van der Waals surface area contributed by atoms with Crippen LogP contribution >= 0.6 is 0 Å². The van der Waals surface area contributed by atoms with E-state index in [1.807, 2.05) is 0 Å². The van der Waals surface area contributed by atoms with E-state index in [1.165, 1.54) is 87.9 Å². The number of hydrogen-bond donors (Lipinski definition) is 0. The van der Waals surface area contributed by atoms with Crippen molar-refractivity contribution in [1.29, 1.82) is 0 Å². The molecule has 0 N–H and O–H groups in total. The van der Waals surface area contributed by atoms with Crippen molar-refractivity contribution in [1.82, 2.24) is 4.90 Å². The quantitative estimate of drug-likeness (QED) is 0.231. The molecule has 28 heavy (non-hydrogen) atoms. The summed E-state index contributed by atoms with van der Waals surface area (Å²) in [6.45, 7) is 9.82. The second-order valence-electron chi connectivity index (χ2n) is 8.40. The third-order valence-electron chi connectivity index (χ3n) is 5.97. The highest BCUT2D eigenvalue weighted by Gasteiger charge is 2.15. The number of nitrogens with zero attached hydrogens (tertiary/aromatic N) is 1. The summed E-state index contributed by atoms with van der Waals surface area (Å²) in [7, 11) is 1.15. The normalized spacial score (nSPS) is 14.5. The molecule has 2 rings (SSSR count). The van der Waals surface area contributed by atoms with Crippen molar-refractivity contribution < 1.29 is 4.74 Å². The molecule has 1 aliphatic heterocycles. The van der Waals surface area contributed by atoms with Gasteiger partial charge in [0, 0.05) is 35.8 Å². The zero-order valence-electron chi connectivity index (χ0n) is 18.6. The molecule has 0 bridgehead atoms. The SMILES string of the molecule is CCCCCC(CCCCC)[Si]CCCOCCN1CCc2ccccc2C1. The van der Waals surface area contributed by atoms with Crippen LogP contribution < -0.4 is 0 Å². The molecule has 1 aromatic carbocycles. The number of rotatable bonds is 16. The van der Waals surface area contributed by atoms with Crippen molar-refractivity contribution >= 4 is 9.52 Å². The summed E-state index contributed by atoms with van der Waals surface area (Å²) in [4.78, 5) is 2.54. The molecule has 1 aromatic rings. The number of hydrogen-bond acceptors (Lipinski definition) is 2. The van der Waals surface area contributed by atoms with Gasteiger partial charge in [-0.2, -0.15) is 0 Å². The highest BCUT2D eigenvalue weighted by Crippen LogP contribution is 2.23. The fourth-order valence-corrected chi connectivity index (χ4v) is 5.72. The molecule has 3 heteroatoms. The summed E-state index contributed by atoms with van der Waals surface area (Å²) >= 11 is 0. The van der Waals surface area contributed by atoms with E-state index in [1.54, 1.807) is 0 Å². The average Bonchev–Trinajstić information content (AvgIpc) is 2.72. The van der Waals surface area contributed by atoms with Crippen molar-refractivity contribution in [2.24, 2.45) is 0 Å². The van der Waals surface area contributed by atoms with E-state index >= 15 is 0 Å². The number of fused-ring (bicyclic) bond motifs is 1. The molecule has 0 atom stereocenters. The second-order valence-corrected chi connectivity index (χ2v) is 10.1. The third kappa shape index (κ3) is 9.71. The summed E-state index contributed by atoms with van der Waals surface area (Å²) in [5.41, 5.74) is 4.03. The van der Waals surface area contributed by atoms with Gasteiger partial charge in [-0.05, 0) is 29.5 Å². The molecule has 2 radical (unpaired) electrons. The third-order valence-corrected chi connectivity index (χ3v) is 7.77. The number of unbranched alkanes of at least 4 members (excludes halogenated alkanes) is 4. The summed E-state index contributed by atoms with van der Waals surface area (Å²) < 4.78 is 5.97. The minimum absolute atomic E-state index is 0.891. The Labute approximate surface area is 177 Å². The lowest BCUT2D eigenvalue weighted by atomic mass is 10.0. The van der Waals surface area contributed by atoms with Gasteiger partial charge in [0.2, 0.25) is 0 Å². The Bertz CT molecular complexity index is 497. The lowest BCUT2D eigenvalue weighted by Gasteiger charge is -2.28. The molecule has 0 aliphatic carbocycles. The van der Waals surface area contributed by atoms with Crippen LogP contribution in [0.25, 0.3) is 0 Å². The lowest BCUT2D eigenvalue weighted by molar-refractivity contribution is 0.0995. The molecule has 1 heterocycles. The van der Waals surface area contributed by atoms with Gasteiger partial charge in [-0.1, -0.05) is 95.5 Å². The van der Waals surface area contributed by atoms with E-state index in [2.05, 4.69) is 43.0 Å². The summed E-state index contributed by atoms with van der Waals surface area (Å²) in [5.74, 6) is 0. The van der Waals surface area contributed by atoms with Crippen LogP contribution in [0.3, 0.4) is 0 Å².